The smallest absolute Gasteiger partial charge is 0.191 e. The van der Waals surface area contributed by atoms with Crippen molar-refractivity contribution in [3.05, 3.63) is 29.8 Å². The van der Waals surface area contributed by atoms with Crippen LogP contribution in [0.4, 0.5) is 0 Å². The van der Waals surface area contributed by atoms with Gasteiger partial charge in [-0.2, -0.15) is 0 Å². The van der Waals surface area contributed by atoms with Gasteiger partial charge in [0.1, 0.15) is 5.75 Å². The van der Waals surface area contributed by atoms with Crippen LogP contribution in [-0.4, -0.2) is 88.9 Å². The van der Waals surface area contributed by atoms with Crippen molar-refractivity contribution in [1.29, 1.82) is 0 Å². The van der Waals surface area contributed by atoms with E-state index in [1.165, 1.54) is 44.5 Å². The predicted molar refractivity (Wildman–Crippen MR) is 147 cm³/mol. The first-order chi connectivity index (χ1) is 15.7. The molecule has 2 heterocycles. The molecule has 2 aliphatic rings. The highest BCUT2D eigenvalue weighted by Gasteiger charge is 2.23. The maximum Gasteiger partial charge on any atom is 0.191 e. The van der Waals surface area contributed by atoms with Gasteiger partial charge in [-0.3, -0.25) is 9.89 Å². The summed E-state index contributed by atoms with van der Waals surface area (Å²) in [6, 6.07) is 8.68. The Morgan fingerprint density at radius 3 is 2.42 bits per heavy atom. The van der Waals surface area contributed by atoms with Crippen molar-refractivity contribution in [2.45, 2.75) is 38.6 Å². The van der Waals surface area contributed by atoms with Crippen LogP contribution in [0.1, 0.15) is 44.2 Å². The van der Waals surface area contributed by atoms with E-state index in [1.807, 2.05) is 19.2 Å². The van der Waals surface area contributed by atoms with Gasteiger partial charge in [-0.05, 0) is 68.9 Å². The highest BCUT2D eigenvalue weighted by Crippen LogP contribution is 2.23. The topological polar surface area (TPSA) is 61.4 Å². The molecule has 2 fully saturated rings. The van der Waals surface area contributed by atoms with Crippen molar-refractivity contribution >= 4 is 29.9 Å². The van der Waals surface area contributed by atoms with Crippen molar-refractivity contribution in [2.75, 3.05) is 73.2 Å². The summed E-state index contributed by atoms with van der Waals surface area (Å²) in [5, 5.41) is 7.05. The first-order valence-corrected chi connectivity index (χ1v) is 12.3. The second-order valence-corrected chi connectivity index (χ2v) is 9.05. The molecular weight excluding hydrogens is 529 g/mol. The first-order valence-electron chi connectivity index (χ1n) is 12.3. The van der Waals surface area contributed by atoms with E-state index in [0.29, 0.717) is 0 Å². The van der Waals surface area contributed by atoms with Crippen molar-refractivity contribution in [2.24, 2.45) is 10.9 Å². The van der Waals surface area contributed by atoms with E-state index in [-0.39, 0.29) is 30.0 Å². The second kappa shape index (κ2) is 15.7. The Hall–Kier alpha value is -1.10. The van der Waals surface area contributed by atoms with E-state index in [2.05, 4.69) is 44.5 Å². The molecule has 0 aromatic heterocycles. The monoisotopic (exact) mass is 573 g/mol. The first kappa shape index (κ1) is 28.1. The van der Waals surface area contributed by atoms with E-state index < -0.39 is 0 Å². The molecule has 0 spiro atoms. The Morgan fingerprint density at radius 1 is 1.09 bits per heavy atom. The zero-order valence-electron chi connectivity index (χ0n) is 20.7. The van der Waals surface area contributed by atoms with Gasteiger partial charge in [0.2, 0.25) is 0 Å². The van der Waals surface area contributed by atoms with E-state index in [9.17, 15) is 0 Å². The summed E-state index contributed by atoms with van der Waals surface area (Å²) in [5.74, 6) is 2.67. The zero-order valence-corrected chi connectivity index (χ0v) is 23.1. The highest BCUT2D eigenvalue weighted by atomic mass is 127. The van der Waals surface area contributed by atoms with Crippen LogP contribution in [-0.2, 0) is 4.74 Å². The molecule has 0 amide bonds. The van der Waals surface area contributed by atoms with Gasteiger partial charge in [-0.25, -0.2) is 0 Å². The molecular formula is C25H44IN5O2. The summed E-state index contributed by atoms with van der Waals surface area (Å²) in [6.07, 6.45) is 5.11. The Kier molecular flexibility index (Phi) is 13.4. The molecule has 0 radical (unpaired) electrons. The summed E-state index contributed by atoms with van der Waals surface area (Å²) in [4.78, 5) is 9.55. The number of methoxy groups -OCH3 is 1. The van der Waals surface area contributed by atoms with Gasteiger partial charge >= 0.3 is 0 Å². The zero-order chi connectivity index (χ0) is 22.6. The number of rotatable bonds is 10. The summed E-state index contributed by atoms with van der Waals surface area (Å²) in [6.45, 7) is 11.4. The standard InChI is InChI=1S/C25H43N5O2.HI/c1-21-10-14-29(15-11-21)13-5-4-12-27-25(26-2)28-20-24(30-16-18-32-19-17-30)22-6-8-23(31-3)9-7-22;/h6-9,21,24H,4-5,10-20H2,1-3H3,(H2,26,27,28);1H. The maximum atomic E-state index is 5.57. The third-order valence-corrected chi connectivity index (χ3v) is 6.74. The number of unbranched alkanes of at least 4 members (excludes halogenated alkanes) is 1. The molecule has 188 valence electrons. The van der Waals surface area contributed by atoms with Gasteiger partial charge in [0, 0.05) is 33.2 Å². The Morgan fingerprint density at radius 2 is 1.79 bits per heavy atom. The average Bonchev–Trinajstić information content (AvgIpc) is 2.85. The number of nitrogens with zero attached hydrogens (tertiary/aromatic N) is 3. The number of hydrogen-bond acceptors (Lipinski definition) is 5. The van der Waals surface area contributed by atoms with Crippen LogP contribution in [0.2, 0.25) is 0 Å². The number of hydrogen-bond donors (Lipinski definition) is 2. The minimum Gasteiger partial charge on any atom is -0.497 e. The lowest BCUT2D eigenvalue weighted by Crippen LogP contribution is -2.46. The van der Waals surface area contributed by atoms with Gasteiger partial charge in [0.15, 0.2) is 5.96 Å². The number of guanidine groups is 1. The van der Waals surface area contributed by atoms with Gasteiger partial charge in [-0.1, -0.05) is 19.1 Å². The summed E-state index contributed by atoms with van der Waals surface area (Å²) >= 11 is 0. The second-order valence-electron chi connectivity index (χ2n) is 9.05. The molecule has 0 aliphatic carbocycles. The van der Waals surface area contributed by atoms with Crippen LogP contribution >= 0.6 is 24.0 Å². The maximum absolute atomic E-state index is 5.57. The summed E-state index contributed by atoms with van der Waals surface area (Å²) in [7, 11) is 3.56. The van der Waals surface area contributed by atoms with E-state index in [4.69, 9.17) is 9.47 Å². The number of piperidine rings is 1. The fourth-order valence-corrected chi connectivity index (χ4v) is 4.54. The van der Waals surface area contributed by atoms with Crippen molar-refractivity contribution in [3.63, 3.8) is 0 Å². The van der Waals surface area contributed by atoms with Gasteiger partial charge in [0.25, 0.3) is 0 Å². The average molecular weight is 574 g/mol. The molecule has 3 rings (SSSR count). The van der Waals surface area contributed by atoms with E-state index >= 15 is 0 Å². The normalized spacial score (nSPS) is 19.5. The molecule has 8 heteroatoms. The van der Waals surface area contributed by atoms with Crippen LogP contribution in [0.3, 0.4) is 0 Å². The SMILES string of the molecule is CN=C(NCCCCN1CCC(C)CC1)NCC(c1ccc(OC)cc1)N1CCOCC1.I. The van der Waals surface area contributed by atoms with Crippen LogP contribution in [0.15, 0.2) is 29.3 Å². The third kappa shape index (κ3) is 9.58. The number of ether oxygens (including phenoxy) is 2. The Bertz CT molecular complexity index is 674. The van der Waals surface area contributed by atoms with Crippen LogP contribution in [0.5, 0.6) is 5.75 Å². The van der Waals surface area contributed by atoms with Gasteiger partial charge in [-0.15, -0.1) is 24.0 Å². The largest absolute Gasteiger partial charge is 0.497 e. The molecule has 2 N–H and O–H groups in total. The molecule has 1 atom stereocenters. The molecule has 33 heavy (non-hydrogen) atoms. The number of nitrogens with one attached hydrogen (secondary N) is 2. The lowest BCUT2D eigenvalue weighted by molar-refractivity contribution is 0.0170. The number of halogens is 1. The fourth-order valence-electron chi connectivity index (χ4n) is 4.54. The molecule has 7 nitrogen and oxygen atoms in total. The lowest BCUT2D eigenvalue weighted by atomic mass is 9.99. The molecule has 1 unspecified atom stereocenters. The molecule has 2 saturated heterocycles. The number of likely N-dealkylation sites (tertiary alicyclic amines) is 1. The molecule has 0 saturated carbocycles. The predicted octanol–water partition coefficient (Wildman–Crippen LogP) is 3.36. The van der Waals surface area contributed by atoms with Gasteiger partial charge < -0.3 is 25.0 Å². The fraction of sp³-hybridized carbons (Fsp3) is 0.720. The number of aliphatic imine (C=N–C) groups is 1. The quantitative estimate of drug-likeness (QED) is 0.194. The Labute approximate surface area is 217 Å². The number of morpholine rings is 1. The van der Waals surface area contributed by atoms with E-state index in [1.54, 1.807) is 7.11 Å². The lowest BCUT2D eigenvalue weighted by Gasteiger charge is -2.35. The molecule has 2 aliphatic heterocycles. The minimum atomic E-state index is 0. The van der Waals surface area contributed by atoms with Crippen molar-refractivity contribution in [1.82, 2.24) is 20.4 Å². The highest BCUT2D eigenvalue weighted by molar-refractivity contribution is 14.0. The molecule has 1 aromatic rings. The molecule has 0 bridgehead atoms. The van der Waals surface area contributed by atoms with E-state index in [0.717, 1.165) is 63.4 Å². The number of benzene rings is 1. The summed E-state index contributed by atoms with van der Waals surface area (Å²) in [5.41, 5.74) is 1.28. The summed E-state index contributed by atoms with van der Waals surface area (Å²) < 4.78 is 10.9. The Balaban J connectivity index is 0.00000385. The van der Waals surface area contributed by atoms with Crippen LogP contribution in [0.25, 0.3) is 0 Å². The van der Waals surface area contributed by atoms with Gasteiger partial charge in [0.05, 0.1) is 26.4 Å². The minimum absolute atomic E-state index is 0. The van der Waals surface area contributed by atoms with Crippen LogP contribution in [0, 0.1) is 5.92 Å². The van der Waals surface area contributed by atoms with Crippen molar-refractivity contribution in [3.8, 4) is 5.75 Å². The van der Waals surface area contributed by atoms with Crippen LogP contribution < -0.4 is 15.4 Å². The third-order valence-electron chi connectivity index (χ3n) is 6.74. The van der Waals surface area contributed by atoms with Crippen molar-refractivity contribution < 1.29 is 9.47 Å². The molecule has 1 aromatic carbocycles.